The number of alkyl halides is 3. The lowest BCUT2D eigenvalue weighted by molar-refractivity contribution is -0.274. The number of hydrogen-bond acceptors (Lipinski definition) is 4. The molecule has 0 spiro atoms. The average Bonchev–Trinajstić information content (AvgIpc) is 2.52. The maximum atomic E-state index is 12.8. The van der Waals surface area contributed by atoms with Gasteiger partial charge in [-0.2, -0.15) is 0 Å². The van der Waals surface area contributed by atoms with Crippen LogP contribution >= 0.6 is 0 Å². The van der Waals surface area contributed by atoms with Crippen molar-refractivity contribution in [1.82, 2.24) is 0 Å². The van der Waals surface area contributed by atoms with Crippen molar-refractivity contribution in [3.63, 3.8) is 0 Å². The second-order valence-corrected chi connectivity index (χ2v) is 7.16. The highest BCUT2D eigenvalue weighted by molar-refractivity contribution is 6.00. The standard InChI is InChI=1S/C17H21F3N2O3/c1-15(2)13-12(7-4-8-24-13)16(15,21)14(23)22-10-5-3-6-11(9-10)25-17(18,19)20/h3,5-6,9,12-13H,4,7-8,21H2,1-2H3,(H,22,23). The second-order valence-electron chi connectivity index (χ2n) is 7.16. The fourth-order valence-corrected chi connectivity index (χ4v) is 4.04. The highest BCUT2D eigenvalue weighted by Crippen LogP contribution is 2.57. The number of fused-ring (bicyclic) bond motifs is 1. The molecule has 3 N–H and O–H groups in total. The van der Waals surface area contributed by atoms with E-state index in [1.54, 1.807) is 0 Å². The summed E-state index contributed by atoms with van der Waals surface area (Å²) in [6, 6.07) is 5.15. The Bertz CT molecular complexity index is 677. The summed E-state index contributed by atoms with van der Waals surface area (Å²) in [5.74, 6) is -0.928. The van der Waals surface area contributed by atoms with Crippen molar-refractivity contribution in [2.75, 3.05) is 11.9 Å². The van der Waals surface area contributed by atoms with Crippen molar-refractivity contribution >= 4 is 11.6 Å². The molecule has 8 heteroatoms. The largest absolute Gasteiger partial charge is 0.573 e. The number of carbonyl (C=O) groups is 1. The van der Waals surface area contributed by atoms with Gasteiger partial charge in [-0.15, -0.1) is 13.2 Å². The minimum absolute atomic E-state index is 0.0862. The highest BCUT2D eigenvalue weighted by Gasteiger charge is 2.70. The van der Waals surface area contributed by atoms with Crippen LogP contribution < -0.4 is 15.8 Å². The zero-order valence-corrected chi connectivity index (χ0v) is 14.0. The quantitative estimate of drug-likeness (QED) is 0.871. The minimum Gasteiger partial charge on any atom is -0.406 e. The Hall–Kier alpha value is -1.80. The number of ether oxygens (including phenoxy) is 2. The molecule has 3 atom stereocenters. The lowest BCUT2D eigenvalue weighted by Gasteiger charge is -2.65. The number of benzene rings is 1. The number of hydrogen-bond donors (Lipinski definition) is 2. The molecule has 5 nitrogen and oxygen atoms in total. The van der Waals surface area contributed by atoms with Crippen LogP contribution in [-0.2, 0) is 9.53 Å². The molecule has 1 saturated carbocycles. The van der Waals surface area contributed by atoms with Crippen molar-refractivity contribution < 1.29 is 27.4 Å². The average molecular weight is 358 g/mol. The van der Waals surface area contributed by atoms with Crippen molar-refractivity contribution in [1.29, 1.82) is 0 Å². The van der Waals surface area contributed by atoms with Crippen LogP contribution in [0, 0.1) is 11.3 Å². The van der Waals surface area contributed by atoms with E-state index in [1.165, 1.54) is 18.2 Å². The van der Waals surface area contributed by atoms with E-state index in [0.29, 0.717) is 6.61 Å². The van der Waals surface area contributed by atoms with Gasteiger partial charge in [-0.3, -0.25) is 4.79 Å². The van der Waals surface area contributed by atoms with Crippen LogP contribution in [0.25, 0.3) is 0 Å². The minimum atomic E-state index is -4.79. The zero-order chi connectivity index (χ0) is 18.5. The molecular formula is C17H21F3N2O3. The van der Waals surface area contributed by atoms with Gasteiger partial charge in [0.2, 0.25) is 5.91 Å². The van der Waals surface area contributed by atoms with Crippen LogP contribution in [0.3, 0.4) is 0 Å². The first kappa shape index (κ1) is 18.0. The van der Waals surface area contributed by atoms with E-state index in [4.69, 9.17) is 10.5 Å². The number of nitrogens with one attached hydrogen (secondary N) is 1. The van der Waals surface area contributed by atoms with Crippen molar-refractivity contribution in [2.24, 2.45) is 17.1 Å². The number of rotatable bonds is 3. The molecule has 1 aromatic carbocycles. The monoisotopic (exact) mass is 358 g/mol. The maximum absolute atomic E-state index is 12.8. The van der Waals surface area contributed by atoms with Crippen molar-refractivity contribution in [2.45, 2.75) is 44.7 Å². The topological polar surface area (TPSA) is 73.6 Å². The molecule has 3 unspecified atom stereocenters. The first-order valence-electron chi connectivity index (χ1n) is 8.13. The Kier molecular flexibility index (Phi) is 4.23. The number of anilines is 1. The lowest BCUT2D eigenvalue weighted by atomic mass is 9.46. The lowest BCUT2D eigenvalue weighted by Crippen LogP contribution is -2.81. The molecule has 1 heterocycles. The van der Waals surface area contributed by atoms with Gasteiger partial charge in [-0.05, 0) is 25.0 Å². The number of carbonyl (C=O) groups excluding carboxylic acids is 1. The zero-order valence-electron chi connectivity index (χ0n) is 14.0. The highest BCUT2D eigenvalue weighted by atomic mass is 19.4. The van der Waals surface area contributed by atoms with E-state index >= 15 is 0 Å². The van der Waals surface area contributed by atoms with Gasteiger partial charge >= 0.3 is 6.36 Å². The van der Waals surface area contributed by atoms with Crippen LogP contribution in [0.4, 0.5) is 18.9 Å². The fourth-order valence-electron chi connectivity index (χ4n) is 4.04. The number of amides is 1. The van der Waals surface area contributed by atoms with Gasteiger partial charge in [-0.25, -0.2) is 0 Å². The van der Waals surface area contributed by atoms with Gasteiger partial charge in [-0.1, -0.05) is 19.9 Å². The summed E-state index contributed by atoms with van der Waals surface area (Å²) in [6.45, 7) is 4.41. The van der Waals surface area contributed by atoms with Crippen LogP contribution in [0.2, 0.25) is 0 Å². The van der Waals surface area contributed by atoms with Crippen molar-refractivity contribution in [3.05, 3.63) is 24.3 Å². The molecular weight excluding hydrogens is 337 g/mol. The van der Waals surface area contributed by atoms with Gasteiger partial charge in [0.1, 0.15) is 11.3 Å². The molecule has 2 aliphatic rings. The molecule has 25 heavy (non-hydrogen) atoms. The van der Waals surface area contributed by atoms with Gasteiger partial charge in [0, 0.05) is 29.7 Å². The first-order chi connectivity index (χ1) is 11.6. The van der Waals surface area contributed by atoms with Crippen LogP contribution in [0.1, 0.15) is 26.7 Å². The number of nitrogens with two attached hydrogens (primary N) is 1. The van der Waals surface area contributed by atoms with Crippen LogP contribution in [0.5, 0.6) is 5.75 Å². The molecule has 2 fully saturated rings. The Labute approximate surface area is 143 Å². The molecule has 1 aliphatic carbocycles. The van der Waals surface area contributed by atoms with Crippen molar-refractivity contribution in [3.8, 4) is 5.75 Å². The molecule has 138 valence electrons. The summed E-state index contributed by atoms with van der Waals surface area (Å²) in [4.78, 5) is 12.8. The predicted molar refractivity (Wildman–Crippen MR) is 84.9 cm³/mol. The summed E-state index contributed by atoms with van der Waals surface area (Å²) in [6.07, 6.45) is -3.26. The summed E-state index contributed by atoms with van der Waals surface area (Å²) in [7, 11) is 0. The van der Waals surface area contributed by atoms with Gasteiger partial charge < -0.3 is 20.5 Å². The summed E-state index contributed by atoms with van der Waals surface area (Å²) < 4.78 is 46.6. The first-order valence-corrected chi connectivity index (χ1v) is 8.13. The molecule has 3 rings (SSSR count). The van der Waals surface area contributed by atoms with Gasteiger partial charge in [0.25, 0.3) is 0 Å². The van der Waals surface area contributed by atoms with E-state index < -0.39 is 29.0 Å². The Morgan fingerprint density at radius 3 is 2.80 bits per heavy atom. The van der Waals surface area contributed by atoms with Crippen LogP contribution in [-0.4, -0.2) is 30.5 Å². The molecule has 0 aromatic heterocycles. The van der Waals surface area contributed by atoms with E-state index in [2.05, 4.69) is 10.1 Å². The molecule has 1 aromatic rings. The molecule has 1 aliphatic heterocycles. The molecule has 1 amide bonds. The van der Waals surface area contributed by atoms with E-state index in [9.17, 15) is 18.0 Å². The SMILES string of the molecule is CC1(C)C2OCCCC2C1(N)C(=O)Nc1cccc(OC(F)(F)F)c1. The maximum Gasteiger partial charge on any atom is 0.573 e. The van der Waals surface area contributed by atoms with E-state index in [-0.39, 0.29) is 17.7 Å². The third-order valence-electron chi connectivity index (χ3n) is 5.39. The molecule has 0 radical (unpaired) electrons. The summed E-state index contributed by atoms with van der Waals surface area (Å²) in [5, 5.41) is 2.63. The van der Waals surface area contributed by atoms with E-state index in [0.717, 1.165) is 18.9 Å². The van der Waals surface area contributed by atoms with Crippen LogP contribution in [0.15, 0.2) is 24.3 Å². The number of halogens is 3. The summed E-state index contributed by atoms with van der Waals surface area (Å²) in [5.41, 5.74) is 4.96. The predicted octanol–water partition coefficient (Wildman–Crippen LogP) is 3.06. The van der Waals surface area contributed by atoms with Gasteiger partial charge in [0.05, 0.1) is 6.10 Å². The fraction of sp³-hybridized carbons (Fsp3) is 0.588. The third-order valence-corrected chi connectivity index (χ3v) is 5.39. The molecule has 1 saturated heterocycles. The molecule has 0 bridgehead atoms. The normalized spacial score (nSPS) is 30.8. The van der Waals surface area contributed by atoms with Gasteiger partial charge in [0.15, 0.2) is 0 Å². The third kappa shape index (κ3) is 2.97. The Balaban J connectivity index is 1.77. The summed E-state index contributed by atoms with van der Waals surface area (Å²) >= 11 is 0. The second kappa shape index (κ2) is 5.88. The smallest absolute Gasteiger partial charge is 0.406 e. The van der Waals surface area contributed by atoms with E-state index in [1.807, 2.05) is 13.8 Å². The Morgan fingerprint density at radius 2 is 2.12 bits per heavy atom. The Morgan fingerprint density at radius 1 is 1.40 bits per heavy atom.